The highest BCUT2D eigenvalue weighted by molar-refractivity contribution is 5.65. The van der Waals surface area contributed by atoms with Crippen LogP contribution in [0.1, 0.15) is 12.5 Å². The third-order valence-corrected chi connectivity index (χ3v) is 5.38. The molecule has 3 nitrogen and oxygen atoms in total. The summed E-state index contributed by atoms with van der Waals surface area (Å²) >= 11 is -0.147. The number of halogens is 1. The first-order chi connectivity index (χ1) is 10.1. The van der Waals surface area contributed by atoms with E-state index < -0.39 is 0 Å². The van der Waals surface area contributed by atoms with Crippen molar-refractivity contribution in [1.29, 1.82) is 0 Å². The maximum atomic E-state index is 10.6. The Morgan fingerprint density at radius 1 is 0.952 bits per heavy atom. The Balaban J connectivity index is 1.84. The van der Waals surface area contributed by atoms with Gasteiger partial charge in [0, 0.05) is 6.92 Å². The average molecular weight is 397 g/mol. The van der Waals surface area contributed by atoms with Gasteiger partial charge < -0.3 is 9.47 Å². The van der Waals surface area contributed by atoms with Crippen molar-refractivity contribution < 1.29 is 35.5 Å². The zero-order valence-corrected chi connectivity index (χ0v) is 14.3. The van der Waals surface area contributed by atoms with E-state index >= 15 is 0 Å². The standard InChI is InChI=1S/C17H18IO3/c1-13-3-5-15(6-4-13)18-16-7-9-17(10-8-16)21-12-11-20-14(2)19/h3-10H,11-12H2,1-2H3/q+1. The zero-order valence-electron chi connectivity index (χ0n) is 12.1. The van der Waals surface area contributed by atoms with Crippen LogP contribution in [0.5, 0.6) is 5.75 Å². The van der Waals surface area contributed by atoms with Gasteiger partial charge in [-0.1, -0.05) is 17.7 Å². The van der Waals surface area contributed by atoms with Crippen LogP contribution in [0.4, 0.5) is 0 Å². The number of ether oxygens (including phenoxy) is 2. The van der Waals surface area contributed by atoms with Gasteiger partial charge in [0.1, 0.15) is 19.0 Å². The van der Waals surface area contributed by atoms with Crippen molar-refractivity contribution in [3.63, 3.8) is 0 Å². The van der Waals surface area contributed by atoms with Gasteiger partial charge in [-0.15, -0.1) is 0 Å². The molecule has 2 aromatic rings. The molecule has 0 spiro atoms. The summed E-state index contributed by atoms with van der Waals surface area (Å²) in [6.07, 6.45) is 0. The molecule has 0 bridgehead atoms. The molecule has 0 fully saturated rings. The third-order valence-electron chi connectivity index (χ3n) is 2.70. The van der Waals surface area contributed by atoms with E-state index in [1.54, 1.807) is 0 Å². The van der Waals surface area contributed by atoms with E-state index in [1.807, 2.05) is 12.1 Å². The van der Waals surface area contributed by atoms with Gasteiger partial charge >= 0.3 is 27.2 Å². The molecule has 4 heteroatoms. The van der Waals surface area contributed by atoms with Gasteiger partial charge in [-0.25, -0.2) is 0 Å². The minimum absolute atomic E-state index is 0.147. The minimum Gasteiger partial charge on any atom is -0.490 e. The van der Waals surface area contributed by atoms with Gasteiger partial charge in [0.25, 0.3) is 0 Å². The number of hydrogen-bond acceptors (Lipinski definition) is 3. The van der Waals surface area contributed by atoms with E-state index in [0.29, 0.717) is 6.61 Å². The molecule has 0 amide bonds. The number of esters is 1. The summed E-state index contributed by atoms with van der Waals surface area (Å²) in [6.45, 7) is 4.16. The summed E-state index contributed by atoms with van der Waals surface area (Å²) < 4.78 is 13.1. The van der Waals surface area contributed by atoms with Crippen LogP contribution in [0.15, 0.2) is 48.5 Å². The number of carbonyl (C=O) groups is 1. The number of benzene rings is 2. The van der Waals surface area contributed by atoms with E-state index in [4.69, 9.17) is 9.47 Å². The fourth-order valence-electron chi connectivity index (χ4n) is 1.66. The number of carbonyl (C=O) groups excluding carboxylic acids is 1. The first-order valence-electron chi connectivity index (χ1n) is 6.71. The fourth-order valence-corrected chi connectivity index (χ4v) is 3.82. The summed E-state index contributed by atoms with van der Waals surface area (Å²) in [5.74, 6) is 0.524. The largest absolute Gasteiger partial charge is 0.490 e. The van der Waals surface area contributed by atoms with Crippen molar-refractivity contribution >= 4 is 5.97 Å². The molecule has 21 heavy (non-hydrogen) atoms. The Morgan fingerprint density at radius 2 is 1.52 bits per heavy atom. The quantitative estimate of drug-likeness (QED) is 0.393. The monoisotopic (exact) mass is 397 g/mol. The molecule has 0 heterocycles. The number of aryl methyl sites for hydroxylation is 1. The Hall–Kier alpha value is -1.56. The zero-order chi connectivity index (χ0) is 15.1. The molecule has 0 aliphatic rings. The van der Waals surface area contributed by atoms with Gasteiger partial charge in [-0.3, -0.25) is 4.79 Å². The van der Waals surface area contributed by atoms with Crippen LogP contribution in [0.25, 0.3) is 0 Å². The molecule has 110 valence electrons. The Labute approximate surface area is 135 Å². The van der Waals surface area contributed by atoms with Gasteiger partial charge in [0.05, 0.1) is 0 Å². The second kappa shape index (κ2) is 8.02. The molecular formula is C17H18IO3+. The number of rotatable bonds is 6. The normalized spacial score (nSPS) is 10.2. The van der Waals surface area contributed by atoms with Crippen LogP contribution < -0.4 is 25.9 Å². The molecule has 0 aliphatic heterocycles. The molecule has 0 N–H and O–H groups in total. The molecule has 0 aromatic heterocycles. The summed E-state index contributed by atoms with van der Waals surface area (Å²) in [7, 11) is 0. The highest BCUT2D eigenvalue weighted by Crippen LogP contribution is 2.08. The van der Waals surface area contributed by atoms with Crippen molar-refractivity contribution in [2.75, 3.05) is 13.2 Å². The molecule has 0 saturated heterocycles. The highest BCUT2D eigenvalue weighted by atomic mass is 127. The molecule has 0 saturated carbocycles. The van der Waals surface area contributed by atoms with E-state index in [1.165, 1.54) is 19.6 Å². The van der Waals surface area contributed by atoms with Crippen LogP contribution >= 0.6 is 0 Å². The summed E-state index contributed by atoms with van der Waals surface area (Å²) in [5.41, 5.74) is 1.29. The predicted molar refractivity (Wildman–Crippen MR) is 77.1 cm³/mol. The lowest BCUT2D eigenvalue weighted by Gasteiger charge is -2.05. The van der Waals surface area contributed by atoms with E-state index in [2.05, 4.69) is 43.3 Å². The van der Waals surface area contributed by atoms with Gasteiger partial charge in [0.2, 0.25) is 0 Å². The lowest BCUT2D eigenvalue weighted by molar-refractivity contribution is -0.597. The van der Waals surface area contributed by atoms with Crippen LogP contribution in [0.2, 0.25) is 0 Å². The summed E-state index contributed by atoms with van der Waals surface area (Å²) in [4.78, 5) is 10.6. The average Bonchev–Trinajstić information content (AvgIpc) is 2.47. The topological polar surface area (TPSA) is 35.5 Å². The Kier molecular flexibility index (Phi) is 6.04. The van der Waals surface area contributed by atoms with Crippen LogP contribution in [0, 0.1) is 14.1 Å². The lowest BCUT2D eigenvalue weighted by atomic mass is 10.2. The summed E-state index contributed by atoms with van der Waals surface area (Å²) in [5, 5.41) is 0. The van der Waals surface area contributed by atoms with E-state index in [9.17, 15) is 4.79 Å². The molecule has 0 aliphatic carbocycles. The maximum Gasteiger partial charge on any atom is 0.357 e. The predicted octanol–water partition coefficient (Wildman–Crippen LogP) is 0.0653. The molecule has 0 atom stereocenters. The van der Waals surface area contributed by atoms with Crippen LogP contribution in [-0.4, -0.2) is 19.2 Å². The second-order valence-electron chi connectivity index (χ2n) is 4.53. The van der Waals surface area contributed by atoms with Crippen LogP contribution in [-0.2, 0) is 9.53 Å². The molecule has 0 radical (unpaired) electrons. The van der Waals surface area contributed by atoms with Crippen LogP contribution in [0.3, 0.4) is 0 Å². The first kappa shape index (κ1) is 15.8. The van der Waals surface area contributed by atoms with Gasteiger partial charge in [-0.2, -0.15) is 0 Å². The Morgan fingerprint density at radius 3 is 2.10 bits per heavy atom. The molecular weight excluding hydrogens is 379 g/mol. The maximum absolute atomic E-state index is 10.6. The van der Waals surface area contributed by atoms with Crippen molar-refractivity contribution in [3.8, 4) is 5.75 Å². The summed E-state index contributed by atoms with van der Waals surface area (Å²) in [6, 6.07) is 16.9. The fraction of sp³-hybridized carbons (Fsp3) is 0.235. The van der Waals surface area contributed by atoms with Crippen molar-refractivity contribution in [2.24, 2.45) is 0 Å². The lowest BCUT2D eigenvalue weighted by Crippen LogP contribution is -3.61. The van der Waals surface area contributed by atoms with E-state index in [0.717, 1.165) is 5.75 Å². The molecule has 2 aromatic carbocycles. The second-order valence-corrected chi connectivity index (χ2v) is 7.56. The smallest absolute Gasteiger partial charge is 0.357 e. The molecule has 2 rings (SSSR count). The van der Waals surface area contributed by atoms with Gasteiger partial charge in [-0.05, 0) is 43.3 Å². The first-order valence-corrected chi connectivity index (χ1v) is 8.87. The SMILES string of the molecule is CC(=O)OCCOc1ccc([I+]c2ccc(C)cc2)cc1. The minimum atomic E-state index is -0.281. The highest BCUT2D eigenvalue weighted by Gasteiger charge is 2.14. The van der Waals surface area contributed by atoms with Crippen molar-refractivity contribution in [1.82, 2.24) is 0 Å². The number of hydrogen-bond donors (Lipinski definition) is 0. The van der Waals surface area contributed by atoms with Crippen molar-refractivity contribution in [3.05, 3.63) is 61.2 Å². The van der Waals surface area contributed by atoms with Gasteiger partial charge in [0.15, 0.2) is 7.14 Å². The molecule has 0 unspecified atom stereocenters. The Bertz CT molecular complexity index is 576. The third kappa shape index (κ3) is 5.75. The van der Waals surface area contributed by atoms with Crippen molar-refractivity contribution in [2.45, 2.75) is 13.8 Å². The van der Waals surface area contributed by atoms with E-state index in [-0.39, 0.29) is 33.8 Å².